The molecule has 1 N–H and O–H groups in total. The van der Waals surface area contributed by atoms with Crippen molar-refractivity contribution in [3.8, 4) is 0 Å². The Labute approximate surface area is 106 Å². The lowest BCUT2D eigenvalue weighted by Gasteiger charge is -2.20. The van der Waals surface area contributed by atoms with Gasteiger partial charge in [-0.1, -0.05) is 0 Å². The summed E-state index contributed by atoms with van der Waals surface area (Å²) in [6.45, 7) is 1.91. The van der Waals surface area contributed by atoms with Crippen molar-refractivity contribution in [2.24, 2.45) is 0 Å². The third-order valence-corrected chi connectivity index (χ3v) is 2.82. The van der Waals surface area contributed by atoms with Crippen LogP contribution < -0.4 is 4.90 Å². The molecular weight excluding hydrogens is 231 g/mol. The third-order valence-electron chi connectivity index (χ3n) is 2.82. The summed E-state index contributed by atoms with van der Waals surface area (Å²) in [5.74, 6) is 0.534. The van der Waals surface area contributed by atoms with Crippen LogP contribution in [0.15, 0.2) is 36.5 Å². The van der Waals surface area contributed by atoms with Crippen molar-refractivity contribution < 1.29 is 9.50 Å². The maximum absolute atomic E-state index is 12.9. The number of rotatable bonds is 3. The van der Waals surface area contributed by atoms with Gasteiger partial charge in [-0.25, -0.2) is 9.37 Å². The molecule has 0 unspecified atom stereocenters. The average molecular weight is 246 g/mol. The molecule has 0 spiro atoms. The molecule has 0 saturated heterocycles. The number of aliphatic hydroxyl groups excluding tert-OH is 1. The lowest BCUT2D eigenvalue weighted by molar-refractivity contribution is 0.281. The zero-order valence-electron chi connectivity index (χ0n) is 10.4. The minimum atomic E-state index is -0.257. The molecule has 0 radical (unpaired) electrons. The molecule has 1 aromatic carbocycles. The van der Waals surface area contributed by atoms with Crippen LogP contribution in [0, 0.1) is 12.7 Å². The summed E-state index contributed by atoms with van der Waals surface area (Å²) in [6.07, 6.45) is 1.64. The lowest BCUT2D eigenvalue weighted by atomic mass is 10.2. The summed E-state index contributed by atoms with van der Waals surface area (Å²) in [5.41, 5.74) is 2.61. The number of hydrogen-bond donors (Lipinski definition) is 1. The molecule has 1 aromatic heterocycles. The molecule has 0 saturated carbocycles. The Kier molecular flexibility index (Phi) is 3.58. The zero-order chi connectivity index (χ0) is 13.1. The standard InChI is InChI=1S/C14H15FN2O/c1-10-7-11(9-18)8-16-14(10)17(2)13-5-3-12(15)4-6-13/h3-8,18H,9H2,1-2H3. The summed E-state index contributed by atoms with van der Waals surface area (Å²) in [7, 11) is 1.88. The highest BCUT2D eigenvalue weighted by molar-refractivity contribution is 5.61. The Hall–Kier alpha value is -1.94. The summed E-state index contributed by atoms with van der Waals surface area (Å²) >= 11 is 0. The third kappa shape index (κ3) is 2.49. The van der Waals surface area contributed by atoms with Gasteiger partial charge in [0.2, 0.25) is 0 Å². The first kappa shape index (κ1) is 12.5. The van der Waals surface area contributed by atoms with Crippen molar-refractivity contribution >= 4 is 11.5 Å². The van der Waals surface area contributed by atoms with Crippen molar-refractivity contribution in [3.05, 3.63) is 53.5 Å². The second-order valence-corrected chi connectivity index (χ2v) is 4.18. The van der Waals surface area contributed by atoms with Crippen molar-refractivity contribution in [1.29, 1.82) is 0 Å². The van der Waals surface area contributed by atoms with E-state index in [1.807, 2.05) is 24.9 Å². The predicted octanol–water partition coefficient (Wildman–Crippen LogP) is 2.79. The van der Waals surface area contributed by atoms with E-state index in [1.54, 1.807) is 18.3 Å². The van der Waals surface area contributed by atoms with Gasteiger partial charge in [0.25, 0.3) is 0 Å². The van der Waals surface area contributed by atoms with E-state index >= 15 is 0 Å². The normalized spacial score (nSPS) is 10.4. The first-order valence-electron chi connectivity index (χ1n) is 5.67. The molecule has 0 atom stereocenters. The van der Waals surface area contributed by atoms with E-state index in [4.69, 9.17) is 5.11 Å². The highest BCUT2D eigenvalue weighted by Gasteiger charge is 2.09. The molecule has 18 heavy (non-hydrogen) atoms. The van der Waals surface area contributed by atoms with E-state index in [9.17, 15) is 4.39 Å². The van der Waals surface area contributed by atoms with Crippen molar-refractivity contribution in [3.63, 3.8) is 0 Å². The monoisotopic (exact) mass is 246 g/mol. The predicted molar refractivity (Wildman–Crippen MR) is 69.4 cm³/mol. The van der Waals surface area contributed by atoms with Crippen LogP contribution >= 0.6 is 0 Å². The van der Waals surface area contributed by atoms with Crippen LogP contribution in [0.3, 0.4) is 0 Å². The molecule has 2 aromatic rings. The number of nitrogens with zero attached hydrogens (tertiary/aromatic N) is 2. The Bertz CT molecular complexity index is 540. The van der Waals surface area contributed by atoms with Gasteiger partial charge in [0.05, 0.1) is 6.61 Å². The fourth-order valence-corrected chi connectivity index (χ4v) is 1.85. The molecule has 0 amide bonds. The first-order chi connectivity index (χ1) is 8.61. The largest absolute Gasteiger partial charge is 0.392 e. The number of anilines is 2. The molecule has 2 rings (SSSR count). The van der Waals surface area contributed by atoms with Crippen LogP contribution in [-0.2, 0) is 6.61 Å². The van der Waals surface area contributed by atoms with Gasteiger partial charge in [-0.05, 0) is 48.4 Å². The Balaban J connectivity index is 2.33. The number of aliphatic hydroxyl groups is 1. The number of aromatic nitrogens is 1. The van der Waals surface area contributed by atoms with Gasteiger partial charge in [-0.15, -0.1) is 0 Å². The van der Waals surface area contributed by atoms with Crippen LogP contribution in [0.4, 0.5) is 15.9 Å². The summed E-state index contributed by atoms with van der Waals surface area (Å²) in [5, 5.41) is 9.04. The molecular formula is C14H15FN2O. The smallest absolute Gasteiger partial charge is 0.135 e. The van der Waals surface area contributed by atoms with Crippen LogP contribution in [0.1, 0.15) is 11.1 Å². The Morgan fingerprint density at radius 2 is 1.94 bits per heavy atom. The number of hydrogen-bond acceptors (Lipinski definition) is 3. The number of halogens is 1. The Morgan fingerprint density at radius 1 is 1.28 bits per heavy atom. The highest BCUT2D eigenvalue weighted by Crippen LogP contribution is 2.25. The van der Waals surface area contributed by atoms with E-state index in [0.29, 0.717) is 0 Å². The molecule has 0 bridgehead atoms. The molecule has 4 heteroatoms. The van der Waals surface area contributed by atoms with Crippen molar-refractivity contribution in [1.82, 2.24) is 4.98 Å². The van der Waals surface area contributed by atoms with E-state index < -0.39 is 0 Å². The molecule has 0 aliphatic heterocycles. The fraction of sp³-hybridized carbons (Fsp3) is 0.214. The van der Waals surface area contributed by atoms with Gasteiger partial charge >= 0.3 is 0 Å². The number of pyridine rings is 1. The van der Waals surface area contributed by atoms with E-state index in [-0.39, 0.29) is 12.4 Å². The van der Waals surface area contributed by atoms with Gasteiger partial charge in [0, 0.05) is 18.9 Å². The van der Waals surface area contributed by atoms with Gasteiger partial charge < -0.3 is 10.0 Å². The summed E-state index contributed by atoms with van der Waals surface area (Å²) < 4.78 is 12.9. The van der Waals surface area contributed by atoms with Gasteiger partial charge in [0.15, 0.2) is 0 Å². The maximum atomic E-state index is 12.9. The second kappa shape index (κ2) is 5.14. The quantitative estimate of drug-likeness (QED) is 0.904. The van der Waals surface area contributed by atoms with Crippen LogP contribution in [-0.4, -0.2) is 17.1 Å². The minimum absolute atomic E-state index is 0.0195. The Morgan fingerprint density at radius 3 is 2.50 bits per heavy atom. The molecule has 3 nitrogen and oxygen atoms in total. The lowest BCUT2D eigenvalue weighted by Crippen LogP contribution is -2.13. The zero-order valence-corrected chi connectivity index (χ0v) is 10.4. The van der Waals surface area contributed by atoms with Crippen LogP contribution in [0.5, 0.6) is 0 Å². The SMILES string of the molecule is Cc1cc(CO)cnc1N(C)c1ccc(F)cc1. The van der Waals surface area contributed by atoms with Crippen molar-refractivity contribution in [2.45, 2.75) is 13.5 Å². The van der Waals surface area contributed by atoms with Gasteiger partial charge in [-0.3, -0.25) is 0 Å². The molecule has 0 fully saturated rings. The fourth-order valence-electron chi connectivity index (χ4n) is 1.85. The highest BCUT2D eigenvalue weighted by atomic mass is 19.1. The van der Waals surface area contributed by atoms with Gasteiger partial charge in [0.1, 0.15) is 11.6 Å². The van der Waals surface area contributed by atoms with Crippen molar-refractivity contribution in [2.75, 3.05) is 11.9 Å². The number of aryl methyl sites for hydroxylation is 1. The summed E-state index contributed by atoms with van der Waals surface area (Å²) in [6, 6.07) is 8.14. The molecule has 0 aliphatic rings. The number of benzene rings is 1. The minimum Gasteiger partial charge on any atom is -0.392 e. The van der Waals surface area contributed by atoms with Crippen LogP contribution in [0.2, 0.25) is 0 Å². The van der Waals surface area contributed by atoms with E-state index in [1.165, 1.54) is 12.1 Å². The first-order valence-corrected chi connectivity index (χ1v) is 5.67. The summed E-state index contributed by atoms with van der Waals surface area (Å²) in [4.78, 5) is 6.20. The average Bonchev–Trinajstić information content (AvgIpc) is 2.38. The second-order valence-electron chi connectivity index (χ2n) is 4.18. The molecule has 0 aliphatic carbocycles. The van der Waals surface area contributed by atoms with Crippen LogP contribution in [0.25, 0.3) is 0 Å². The van der Waals surface area contributed by atoms with E-state index in [2.05, 4.69) is 4.98 Å². The molecule has 94 valence electrons. The molecule has 1 heterocycles. The van der Waals surface area contributed by atoms with Gasteiger partial charge in [-0.2, -0.15) is 0 Å². The topological polar surface area (TPSA) is 36.4 Å². The van der Waals surface area contributed by atoms with E-state index in [0.717, 1.165) is 22.6 Å². The maximum Gasteiger partial charge on any atom is 0.135 e.